The molecule has 1 aliphatic heterocycles. The van der Waals surface area contributed by atoms with E-state index in [1.807, 2.05) is 19.9 Å². The lowest BCUT2D eigenvalue weighted by Crippen LogP contribution is -2.48. The van der Waals surface area contributed by atoms with Gasteiger partial charge in [0, 0.05) is 24.8 Å². The molecule has 1 aromatic heterocycles. The number of nitrogens with zero attached hydrogens (tertiary/aromatic N) is 1. The lowest BCUT2D eigenvalue weighted by Gasteiger charge is -2.34. The highest BCUT2D eigenvalue weighted by Gasteiger charge is 2.28. The molecule has 128 valence electrons. The fraction of sp³-hybridized carbons (Fsp3) is 0.389. The summed E-state index contributed by atoms with van der Waals surface area (Å²) in [5.41, 5.74) is 7.14. The zero-order valence-corrected chi connectivity index (χ0v) is 14.1. The number of methoxy groups -OCH3 is 1. The van der Waals surface area contributed by atoms with E-state index < -0.39 is 0 Å². The number of nitrogen functional groups attached to an aromatic ring is 1. The number of anilines is 1. The lowest BCUT2D eigenvalue weighted by molar-refractivity contribution is -0.0592. The van der Waals surface area contributed by atoms with E-state index in [2.05, 4.69) is 0 Å². The van der Waals surface area contributed by atoms with E-state index in [1.165, 1.54) is 0 Å². The number of furan rings is 1. The zero-order chi connectivity index (χ0) is 17.3. The molecule has 2 aromatic rings. The minimum Gasteiger partial charge on any atom is -0.496 e. The molecule has 1 saturated heterocycles. The van der Waals surface area contributed by atoms with E-state index in [9.17, 15) is 4.79 Å². The number of morpholine rings is 1. The quantitative estimate of drug-likeness (QED) is 0.876. The van der Waals surface area contributed by atoms with Gasteiger partial charge >= 0.3 is 0 Å². The van der Waals surface area contributed by atoms with Crippen LogP contribution < -0.4 is 10.5 Å². The Kier molecular flexibility index (Phi) is 4.49. The molecule has 6 heteroatoms. The molecule has 1 fully saturated rings. The van der Waals surface area contributed by atoms with Crippen molar-refractivity contribution in [3.8, 4) is 17.1 Å². The summed E-state index contributed by atoms with van der Waals surface area (Å²) in [6.07, 6.45) is 0.0358. The highest BCUT2D eigenvalue weighted by atomic mass is 16.5. The minimum absolute atomic E-state index is 0.0179. The van der Waals surface area contributed by atoms with Crippen molar-refractivity contribution < 1.29 is 18.7 Å². The molecule has 2 atom stereocenters. The standard InChI is InChI=1S/C18H22N2O4/c1-11-9-20(10-12(2)23-11)18(21)16-7-6-15(24-16)14-5-4-13(19)8-17(14)22-3/h4-8,11-12H,9-10,19H2,1-3H3/t11-,12-/m1/s1. The van der Waals surface area contributed by atoms with Gasteiger partial charge in [-0.2, -0.15) is 0 Å². The van der Waals surface area contributed by atoms with Crippen LogP contribution in [0.25, 0.3) is 11.3 Å². The Hall–Kier alpha value is -2.47. The number of amides is 1. The Bertz CT molecular complexity index is 730. The van der Waals surface area contributed by atoms with E-state index in [0.29, 0.717) is 36.0 Å². The predicted molar refractivity (Wildman–Crippen MR) is 91.0 cm³/mol. The number of benzene rings is 1. The van der Waals surface area contributed by atoms with Crippen LogP contribution in [-0.4, -0.2) is 43.2 Å². The van der Waals surface area contributed by atoms with Gasteiger partial charge in [0.1, 0.15) is 11.5 Å². The topological polar surface area (TPSA) is 77.9 Å². The van der Waals surface area contributed by atoms with Crippen molar-refractivity contribution in [2.45, 2.75) is 26.1 Å². The Labute approximate surface area is 141 Å². The van der Waals surface area contributed by atoms with Crippen molar-refractivity contribution in [1.29, 1.82) is 0 Å². The smallest absolute Gasteiger partial charge is 0.289 e. The summed E-state index contributed by atoms with van der Waals surface area (Å²) in [5, 5.41) is 0. The van der Waals surface area contributed by atoms with Gasteiger partial charge in [-0.05, 0) is 38.1 Å². The first-order valence-electron chi connectivity index (χ1n) is 7.96. The molecule has 6 nitrogen and oxygen atoms in total. The fourth-order valence-electron chi connectivity index (χ4n) is 3.01. The lowest BCUT2D eigenvalue weighted by atomic mass is 10.1. The van der Waals surface area contributed by atoms with Crippen LogP contribution in [0.2, 0.25) is 0 Å². The summed E-state index contributed by atoms with van der Waals surface area (Å²) in [7, 11) is 1.57. The zero-order valence-electron chi connectivity index (χ0n) is 14.1. The Morgan fingerprint density at radius 2 is 1.92 bits per heavy atom. The van der Waals surface area contributed by atoms with Gasteiger partial charge in [-0.25, -0.2) is 0 Å². The Balaban J connectivity index is 1.84. The largest absolute Gasteiger partial charge is 0.496 e. The van der Waals surface area contributed by atoms with Gasteiger partial charge in [-0.15, -0.1) is 0 Å². The van der Waals surface area contributed by atoms with Gasteiger partial charge in [0.25, 0.3) is 5.91 Å². The highest BCUT2D eigenvalue weighted by Crippen LogP contribution is 2.33. The van der Waals surface area contributed by atoms with Crippen molar-refractivity contribution in [2.24, 2.45) is 0 Å². The van der Waals surface area contributed by atoms with Crippen LogP contribution in [0.1, 0.15) is 24.4 Å². The number of nitrogens with two attached hydrogens (primary N) is 1. The molecule has 2 heterocycles. The molecule has 0 bridgehead atoms. The summed E-state index contributed by atoms with van der Waals surface area (Å²) in [6.45, 7) is 5.04. The second kappa shape index (κ2) is 6.57. The second-order valence-electron chi connectivity index (χ2n) is 6.09. The first-order valence-corrected chi connectivity index (χ1v) is 7.96. The van der Waals surface area contributed by atoms with Gasteiger partial charge in [-0.3, -0.25) is 4.79 Å². The van der Waals surface area contributed by atoms with E-state index >= 15 is 0 Å². The summed E-state index contributed by atoms with van der Waals surface area (Å²) < 4.78 is 16.8. The fourth-order valence-corrected chi connectivity index (χ4v) is 3.01. The molecular formula is C18H22N2O4. The first-order chi connectivity index (χ1) is 11.5. The van der Waals surface area contributed by atoms with Gasteiger partial charge in [0.2, 0.25) is 0 Å². The number of rotatable bonds is 3. The third-order valence-electron chi connectivity index (χ3n) is 4.01. The Morgan fingerprint density at radius 1 is 1.21 bits per heavy atom. The average Bonchev–Trinajstić information content (AvgIpc) is 3.02. The van der Waals surface area contributed by atoms with Crippen LogP contribution in [0.15, 0.2) is 34.7 Å². The maximum absolute atomic E-state index is 12.7. The molecule has 1 aliphatic rings. The summed E-state index contributed by atoms with van der Waals surface area (Å²) in [5.74, 6) is 1.37. The van der Waals surface area contributed by atoms with Gasteiger partial charge in [-0.1, -0.05) is 0 Å². The Morgan fingerprint density at radius 3 is 2.58 bits per heavy atom. The summed E-state index contributed by atoms with van der Waals surface area (Å²) in [6, 6.07) is 8.78. The van der Waals surface area contributed by atoms with Crippen LogP contribution >= 0.6 is 0 Å². The van der Waals surface area contributed by atoms with Gasteiger partial charge < -0.3 is 24.5 Å². The maximum Gasteiger partial charge on any atom is 0.289 e. The molecule has 0 radical (unpaired) electrons. The number of ether oxygens (including phenoxy) is 2. The summed E-state index contributed by atoms with van der Waals surface area (Å²) in [4.78, 5) is 14.4. The third-order valence-corrected chi connectivity index (χ3v) is 4.01. The van der Waals surface area contributed by atoms with Crippen molar-refractivity contribution in [3.05, 3.63) is 36.1 Å². The van der Waals surface area contributed by atoms with E-state index in [4.69, 9.17) is 19.6 Å². The monoisotopic (exact) mass is 330 g/mol. The molecule has 0 unspecified atom stereocenters. The molecule has 1 aromatic carbocycles. The van der Waals surface area contributed by atoms with Crippen LogP contribution in [0.3, 0.4) is 0 Å². The number of hydrogen-bond donors (Lipinski definition) is 1. The maximum atomic E-state index is 12.7. The average molecular weight is 330 g/mol. The third kappa shape index (κ3) is 3.23. The molecule has 3 rings (SSSR count). The molecule has 0 saturated carbocycles. The SMILES string of the molecule is COc1cc(N)ccc1-c1ccc(C(=O)N2C[C@@H](C)O[C@H](C)C2)o1. The minimum atomic E-state index is -0.127. The normalized spacial score (nSPS) is 20.9. The van der Waals surface area contributed by atoms with Crippen LogP contribution in [-0.2, 0) is 4.74 Å². The van der Waals surface area contributed by atoms with E-state index in [-0.39, 0.29) is 18.1 Å². The molecule has 2 N–H and O–H groups in total. The predicted octanol–water partition coefficient (Wildman–Crippen LogP) is 2.79. The first kappa shape index (κ1) is 16.4. The van der Waals surface area contributed by atoms with Crippen LogP contribution in [0.4, 0.5) is 5.69 Å². The van der Waals surface area contributed by atoms with Crippen molar-refractivity contribution >= 4 is 11.6 Å². The second-order valence-corrected chi connectivity index (χ2v) is 6.09. The summed E-state index contributed by atoms with van der Waals surface area (Å²) >= 11 is 0. The van der Waals surface area contributed by atoms with Gasteiger partial charge in [0.05, 0.1) is 24.9 Å². The van der Waals surface area contributed by atoms with Gasteiger partial charge in [0.15, 0.2) is 5.76 Å². The number of carbonyl (C=O) groups is 1. The van der Waals surface area contributed by atoms with Crippen molar-refractivity contribution in [1.82, 2.24) is 4.90 Å². The number of carbonyl (C=O) groups excluding carboxylic acids is 1. The molecule has 1 amide bonds. The molecule has 0 aliphatic carbocycles. The molecule has 0 spiro atoms. The molecular weight excluding hydrogens is 308 g/mol. The number of hydrogen-bond acceptors (Lipinski definition) is 5. The van der Waals surface area contributed by atoms with Crippen LogP contribution in [0.5, 0.6) is 5.75 Å². The van der Waals surface area contributed by atoms with Crippen molar-refractivity contribution in [2.75, 3.05) is 25.9 Å². The van der Waals surface area contributed by atoms with Crippen molar-refractivity contribution in [3.63, 3.8) is 0 Å². The van der Waals surface area contributed by atoms with Crippen LogP contribution in [0, 0.1) is 0 Å². The van der Waals surface area contributed by atoms with E-state index in [0.717, 1.165) is 5.56 Å². The van der Waals surface area contributed by atoms with E-state index in [1.54, 1.807) is 36.3 Å². The highest BCUT2D eigenvalue weighted by molar-refractivity contribution is 5.92. The molecule has 24 heavy (non-hydrogen) atoms.